The summed E-state index contributed by atoms with van der Waals surface area (Å²) in [6.07, 6.45) is 4.03. The third-order valence-corrected chi connectivity index (χ3v) is 3.64. The van der Waals surface area contributed by atoms with E-state index in [1.807, 2.05) is 25.1 Å². The lowest BCUT2D eigenvalue weighted by Crippen LogP contribution is -2.12. The van der Waals surface area contributed by atoms with E-state index in [-0.39, 0.29) is 5.43 Å². The predicted molar refractivity (Wildman–Crippen MR) is 89.5 cm³/mol. The summed E-state index contributed by atoms with van der Waals surface area (Å²) in [5, 5.41) is 0.622. The quantitative estimate of drug-likeness (QED) is 0.424. The summed E-state index contributed by atoms with van der Waals surface area (Å²) in [5.41, 5.74) is 1.22. The third-order valence-electron chi connectivity index (χ3n) is 2.96. The zero-order valence-corrected chi connectivity index (χ0v) is 13.6. The van der Waals surface area contributed by atoms with Crippen LogP contribution < -0.4 is 10.2 Å². The van der Waals surface area contributed by atoms with E-state index in [1.54, 1.807) is 6.08 Å². The van der Waals surface area contributed by atoms with Crippen molar-refractivity contribution >= 4 is 33.6 Å². The maximum atomic E-state index is 12.6. The largest absolute Gasteiger partial charge is 0.465 e. The van der Waals surface area contributed by atoms with Gasteiger partial charge in [-0.2, -0.15) is 0 Å². The van der Waals surface area contributed by atoms with Gasteiger partial charge in [-0.3, -0.25) is 4.79 Å². The highest BCUT2D eigenvalue weighted by atomic mass is 127. The Hall–Kier alpha value is -1.30. The first-order chi connectivity index (χ1) is 9.67. The van der Waals surface area contributed by atoms with Crippen molar-refractivity contribution in [2.75, 3.05) is 6.61 Å². The molecule has 0 saturated carbocycles. The Bertz CT molecular complexity index is 673. The predicted octanol–water partition coefficient (Wildman–Crippen LogP) is 4.31. The smallest absolute Gasteiger partial charge is 0.292 e. The van der Waals surface area contributed by atoms with Gasteiger partial charge in [-0.1, -0.05) is 19.4 Å². The van der Waals surface area contributed by atoms with Crippen LogP contribution in [-0.2, 0) is 6.42 Å². The van der Waals surface area contributed by atoms with Crippen LogP contribution in [-0.4, -0.2) is 6.61 Å². The van der Waals surface area contributed by atoms with Crippen LogP contribution in [0.25, 0.3) is 11.0 Å². The van der Waals surface area contributed by atoms with E-state index in [0.29, 0.717) is 35.5 Å². The molecule has 0 aliphatic heterocycles. The first-order valence-corrected chi connectivity index (χ1v) is 7.74. The molecule has 0 amide bonds. The van der Waals surface area contributed by atoms with Gasteiger partial charge < -0.3 is 9.15 Å². The van der Waals surface area contributed by atoms with Crippen LogP contribution in [0.2, 0.25) is 0 Å². The lowest BCUT2D eigenvalue weighted by molar-refractivity contribution is 0.246. The van der Waals surface area contributed by atoms with Crippen LogP contribution in [0.4, 0.5) is 0 Å². The van der Waals surface area contributed by atoms with Crippen LogP contribution in [0, 0.1) is 3.57 Å². The molecule has 0 atom stereocenters. The Balaban J connectivity index is 2.54. The zero-order valence-electron chi connectivity index (χ0n) is 11.4. The van der Waals surface area contributed by atoms with Crippen molar-refractivity contribution in [1.82, 2.24) is 0 Å². The van der Waals surface area contributed by atoms with Gasteiger partial charge >= 0.3 is 0 Å². The molecule has 0 fully saturated rings. The Morgan fingerprint density at radius 1 is 1.45 bits per heavy atom. The molecule has 1 aromatic heterocycles. The van der Waals surface area contributed by atoms with Gasteiger partial charge in [0.25, 0.3) is 5.95 Å². The highest BCUT2D eigenvalue weighted by Crippen LogP contribution is 2.24. The summed E-state index contributed by atoms with van der Waals surface area (Å²) in [6.45, 7) is 6.16. The minimum Gasteiger partial charge on any atom is -0.465 e. The van der Waals surface area contributed by atoms with Crippen LogP contribution in [0.15, 0.2) is 40.1 Å². The van der Waals surface area contributed by atoms with Crippen molar-refractivity contribution in [3.63, 3.8) is 0 Å². The fourth-order valence-electron chi connectivity index (χ4n) is 2.00. The molecule has 0 saturated heterocycles. The fourth-order valence-corrected chi connectivity index (χ4v) is 2.49. The zero-order chi connectivity index (χ0) is 14.5. The average Bonchev–Trinajstić information content (AvgIpc) is 2.44. The summed E-state index contributed by atoms with van der Waals surface area (Å²) in [5.74, 6) is 0.354. The van der Waals surface area contributed by atoms with Gasteiger partial charge in [-0.25, -0.2) is 0 Å². The normalized spacial score (nSPS) is 10.7. The molecule has 2 aromatic rings. The van der Waals surface area contributed by atoms with Gasteiger partial charge in [-0.05, 0) is 53.6 Å². The summed E-state index contributed by atoms with van der Waals surface area (Å²) >= 11 is 2.19. The van der Waals surface area contributed by atoms with Crippen LogP contribution >= 0.6 is 22.6 Å². The number of rotatable bonds is 6. The van der Waals surface area contributed by atoms with E-state index in [9.17, 15) is 4.79 Å². The standard InChI is InChI=1S/C16H17IO3/c1-3-5-9-19-16-12(6-4-2)15(18)13-10-11(17)7-8-14(13)20-16/h3,7-8,10H,1,4-6,9H2,2H3. The molecule has 20 heavy (non-hydrogen) atoms. The van der Waals surface area contributed by atoms with Crippen LogP contribution in [0.1, 0.15) is 25.3 Å². The molecule has 0 bridgehead atoms. The van der Waals surface area contributed by atoms with Gasteiger partial charge in [0.1, 0.15) is 5.58 Å². The molecule has 0 aliphatic rings. The minimum atomic E-state index is 0.0141. The average molecular weight is 384 g/mol. The van der Waals surface area contributed by atoms with Crippen LogP contribution in [0.5, 0.6) is 5.95 Å². The summed E-state index contributed by atoms with van der Waals surface area (Å²) in [4.78, 5) is 12.6. The van der Waals surface area contributed by atoms with E-state index in [4.69, 9.17) is 9.15 Å². The highest BCUT2D eigenvalue weighted by molar-refractivity contribution is 14.1. The molecule has 106 valence electrons. The fraction of sp³-hybridized carbons (Fsp3) is 0.312. The van der Waals surface area contributed by atoms with Gasteiger partial charge in [0, 0.05) is 3.57 Å². The number of halogens is 1. The van der Waals surface area contributed by atoms with Gasteiger partial charge in [0.2, 0.25) is 0 Å². The summed E-state index contributed by atoms with van der Waals surface area (Å²) in [6, 6.07) is 5.59. The van der Waals surface area contributed by atoms with Crippen molar-refractivity contribution < 1.29 is 9.15 Å². The van der Waals surface area contributed by atoms with E-state index < -0.39 is 0 Å². The van der Waals surface area contributed by atoms with E-state index in [2.05, 4.69) is 29.2 Å². The van der Waals surface area contributed by atoms with E-state index >= 15 is 0 Å². The Kier molecular flexibility index (Phi) is 5.23. The number of hydrogen-bond donors (Lipinski definition) is 0. The molecule has 1 heterocycles. The molecular formula is C16H17IO3. The monoisotopic (exact) mass is 384 g/mol. The van der Waals surface area contributed by atoms with Gasteiger partial charge in [0.05, 0.1) is 17.6 Å². The van der Waals surface area contributed by atoms with Crippen molar-refractivity contribution in [3.8, 4) is 5.95 Å². The number of hydrogen-bond acceptors (Lipinski definition) is 3. The van der Waals surface area contributed by atoms with Gasteiger partial charge in [-0.15, -0.1) is 6.58 Å². The minimum absolute atomic E-state index is 0.0141. The third kappa shape index (κ3) is 3.23. The second-order valence-corrected chi connectivity index (χ2v) is 5.76. The van der Waals surface area contributed by atoms with Crippen molar-refractivity contribution in [1.29, 1.82) is 0 Å². The molecule has 0 radical (unpaired) electrons. The van der Waals surface area contributed by atoms with Crippen molar-refractivity contribution in [2.24, 2.45) is 0 Å². The maximum absolute atomic E-state index is 12.6. The van der Waals surface area contributed by atoms with E-state index in [0.717, 1.165) is 16.4 Å². The molecular weight excluding hydrogens is 367 g/mol. The lowest BCUT2D eigenvalue weighted by Gasteiger charge is -2.10. The second-order valence-electron chi connectivity index (χ2n) is 4.51. The number of ether oxygens (including phenoxy) is 1. The molecule has 3 nitrogen and oxygen atoms in total. The topological polar surface area (TPSA) is 39.4 Å². The van der Waals surface area contributed by atoms with Crippen molar-refractivity contribution in [2.45, 2.75) is 26.2 Å². The van der Waals surface area contributed by atoms with Crippen molar-refractivity contribution in [3.05, 3.63) is 50.2 Å². The molecule has 0 N–H and O–H groups in total. The lowest BCUT2D eigenvalue weighted by atomic mass is 10.1. The Morgan fingerprint density at radius 3 is 2.95 bits per heavy atom. The molecule has 2 rings (SSSR count). The first-order valence-electron chi connectivity index (χ1n) is 6.66. The molecule has 0 aliphatic carbocycles. The summed E-state index contributed by atoms with van der Waals surface area (Å²) < 4.78 is 12.4. The Morgan fingerprint density at radius 2 is 2.25 bits per heavy atom. The SMILES string of the molecule is C=CCCOc1oc2ccc(I)cc2c(=O)c1CCC. The van der Waals surface area contributed by atoms with Gasteiger partial charge in [0.15, 0.2) is 5.43 Å². The number of benzene rings is 1. The number of fused-ring (bicyclic) bond motifs is 1. The van der Waals surface area contributed by atoms with Crippen LogP contribution in [0.3, 0.4) is 0 Å². The summed E-state index contributed by atoms with van der Waals surface area (Å²) in [7, 11) is 0. The highest BCUT2D eigenvalue weighted by Gasteiger charge is 2.15. The molecule has 1 aromatic carbocycles. The molecule has 0 spiro atoms. The maximum Gasteiger partial charge on any atom is 0.292 e. The molecule has 4 heteroatoms. The first kappa shape index (κ1) is 15.1. The molecule has 0 unspecified atom stereocenters. The second kappa shape index (κ2) is 6.92. The Labute approximate surface area is 131 Å². The van der Waals surface area contributed by atoms with E-state index in [1.165, 1.54) is 0 Å².